The summed E-state index contributed by atoms with van der Waals surface area (Å²) in [7, 11) is 3.30. The van der Waals surface area contributed by atoms with Crippen molar-refractivity contribution in [2.75, 3.05) is 27.3 Å². The maximum absolute atomic E-state index is 11.5. The maximum Gasteiger partial charge on any atom is 0.239 e. The van der Waals surface area contributed by atoms with Crippen molar-refractivity contribution in [3.05, 3.63) is 24.3 Å². The van der Waals surface area contributed by atoms with Gasteiger partial charge in [-0.1, -0.05) is 12.1 Å². The lowest BCUT2D eigenvalue weighted by molar-refractivity contribution is -0.131. The summed E-state index contributed by atoms with van der Waals surface area (Å²) >= 11 is 0. The first kappa shape index (κ1) is 17.5. The molecule has 0 saturated carbocycles. The highest BCUT2D eigenvalue weighted by Gasteiger charge is 2.13. The number of nitrogens with two attached hydrogens (primary N) is 1. The molecule has 0 unspecified atom stereocenters. The molecule has 0 aliphatic rings. The summed E-state index contributed by atoms with van der Waals surface area (Å²) in [6, 6.07) is 6.91. The van der Waals surface area contributed by atoms with Crippen LogP contribution in [0.25, 0.3) is 0 Å². The molecule has 0 spiro atoms. The number of ether oxygens (including phenoxy) is 2. The van der Waals surface area contributed by atoms with Crippen molar-refractivity contribution in [2.45, 2.75) is 13.0 Å². The molecular formula is C13H21ClN2O3. The van der Waals surface area contributed by atoms with Crippen molar-refractivity contribution in [1.82, 2.24) is 4.90 Å². The van der Waals surface area contributed by atoms with Crippen LogP contribution in [0.4, 0.5) is 0 Å². The van der Waals surface area contributed by atoms with Gasteiger partial charge in [-0.3, -0.25) is 4.79 Å². The van der Waals surface area contributed by atoms with Crippen molar-refractivity contribution in [3.63, 3.8) is 0 Å². The third kappa shape index (κ3) is 5.36. The molecule has 0 aliphatic heterocycles. The zero-order chi connectivity index (χ0) is 13.5. The Balaban J connectivity index is 0.00000324. The van der Waals surface area contributed by atoms with E-state index >= 15 is 0 Å². The highest BCUT2D eigenvalue weighted by atomic mass is 35.5. The van der Waals surface area contributed by atoms with Gasteiger partial charge in [0.25, 0.3) is 0 Å². The van der Waals surface area contributed by atoms with Gasteiger partial charge in [0.2, 0.25) is 5.91 Å². The molecule has 5 nitrogen and oxygen atoms in total. The van der Waals surface area contributed by atoms with E-state index in [-0.39, 0.29) is 18.3 Å². The Morgan fingerprint density at radius 3 is 2.47 bits per heavy atom. The number of rotatable bonds is 6. The summed E-state index contributed by atoms with van der Waals surface area (Å²) in [6.07, 6.45) is 0. The number of benzene rings is 1. The van der Waals surface area contributed by atoms with Gasteiger partial charge < -0.3 is 20.1 Å². The Morgan fingerprint density at radius 2 is 1.95 bits per heavy atom. The number of hydrogen-bond acceptors (Lipinski definition) is 4. The van der Waals surface area contributed by atoms with Crippen LogP contribution in [0.15, 0.2) is 24.3 Å². The van der Waals surface area contributed by atoms with Gasteiger partial charge in [0.1, 0.15) is 6.61 Å². The van der Waals surface area contributed by atoms with E-state index in [2.05, 4.69) is 0 Å². The maximum atomic E-state index is 11.5. The number of carbonyl (C=O) groups is 1. The number of methoxy groups -OCH3 is 1. The molecule has 1 atom stereocenters. The second-order valence-corrected chi connectivity index (χ2v) is 4.05. The minimum absolute atomic E-state index is 0. The van der Waals surface area contributed by atoms with Gasteiger partial charge in [-0.05, 0) is 19.1 Å². The topological polar surface area (TPSA) is 64.8 Å². The van der Waals surface area contributed by atoms with Crippen molar-refractivity contribution < 1.29 is 14.3 Å². The number of nitrogens with zero attached hydrogens (tertiary/aromatic N) is 1. The second-order valence-electron chi connectivity index (χ2n) is 4.05. The molecule has 0 fully saturated rings. The van der Waals surface area contributed by atoms with E-state index in [0.717, 1.165) is 0 Å². The quantitative estimate of drug-likeness (QED) is 0.857. The van der Waals surface area contributed by atoms with Gasteiger partial charge in [0.05, 0.1) is 19.7 Å². The van der Waals surface area contributed by atoms with E-state index in [1.54, 1.807) is 26.0 Å². The molecule has 0 saturated heterocycles. The Labute approximate surface area is 120 Å². The molecule has 1 aromatic rings. The Morgan fingerprint density at radius 1 is 1.37 bits per heavy atom. The summed E-state index contributed by atoms with van der Waals surface area (Å²) in [5.74, 6) is 1.25. The van der Waals surface area contributed by atoms with E-state index < -0.39 is 6.04 Å². The molecule has 0 radical (unpaired) electrons. The van der Waals surface area contributed by atoms with Crippen LogP contribution in [-0.2, 0) is 4.79 Å². The largest absolute Gasteiger partial charge is 0.493 e. The van der Waals surface area contributed by atoms with Crippen LogP contribution in [0.1, 0.15) is 6.92 Å². The summed E-state index contributed by atoms with van der Waals surface area (Å²) < 4.78 is 10.7. The standard InChI is InChI=1S/C13H20N2O3.ClH/c1-10(14)13(16)15(2)8-9-18-12-7-5-4-6-11(12)17-3;/h4-7,10H,8-9,14H2,1-3H3;1H/t10-;/m1./s1. The highest BCUT2D eigenvalue weighted by molar-refractivity contribution is 5.85. The van der Waals surface area contributed by atoms with Crippen molar-refractivity contribution in [1.29, 1.82) is 0 Å². The first-order chi connectivity index (χ1) is 8.56. The number of likely N-dealkylation sites (N-methyl/N-ethyl adjacent to an activating group) is 1. The minimum atomic E-state index is -0.485. The third-order valence-corrected chi connectivity index (χ3v) is 2.52. The van der Waals surface area contributed by atoms with Crippen LogP contribution in [0.3, 0.4) is 0 Å². The molecule has 0 heterocycles. The van der Waals surface area contributed by atoms with Crippen molar-refractivity contribution in [3.8, 4) is 11.5 Å². The summed E-state index contributed by atoms with van der Waals surface area (Å²) in [5, 5.41) is 0. The molecule has 1 amide bonds. The zero-order valence-corrected chi connectivity index (χ0v) is 12.3. The van der Waals surface area contributed by atoms with Crippen LogP contribution in [-0.4, -0.2) is 44.2 Å². The van der Waals surface area contributed by atoms with Gasteiger partial charge in [-0.25, -0.2) is 0 Å². The average Bonchev–Trinajstić information content (AvgIpc) is 2.38. The predicted molar refractivity (Wildman–Crippen MR) is 77.0 cm³/mol. The predicted octanol–water partition coefficient (Wildman–Crippen LogP) is 1.30. The van der Waals surface area contributed by atoms with E-state index in [0.29, 0.717) is 24.7 Å². The number of halogens is 1. The summed E-state index contributed by atoms with van der Waals surface area (Å²) in [5.41, 5.74) is 5.51. The van der Waals surface area contributed by atoms with Crippen LogP contribution in [0, 0.1) is 0 Å². The smallest absolute Gasteiger partial charge is 0.239 e. The Hall–Kier alpha value is -1.46. The van der Waals surface area contributed by atoms with Crippen LogP contribution in [0.5, 0.6) is 11.5 Å². The monoisotopic (exact) mass is 288 g/mol. The molecule has 2 N–H and O–H groups in total. The van der Waals surface area contributed by atoms with Gasteiger partial charge in [-0.15, -0.1) is 12.4 Å². The Bertz CT molecular complexity index is 399. The highest BCUT2D eigenvalue weighted by Crippen LogP contribution is 2.25. The van der Waals surface area contributed by atoms with E-state index in [1.165, 1.54) is 0 Å². The molecule has 1 rings (SSSR count). The molecule has 0 aliphatic carbocycles. The van der Waals surface area contributed by atoms with Crippen LogP contribution >= 0.6 is 12.4 Å². The first-order valence-corrected chi connectivity index (χ1v) is 5.82. The van der Waals surface area contributed by atoms with Gasteiger partial charge in [-0.2, -0.15) is 0 Å². The lowest BCUT2D eigenvalue weighted by Gasteiger charge is -2.19. The molecule has 108 valence electrons. The lowest BCUT2D eigenvalue weighted by Crippen LogP contribution is -2.41. The van der Waals surface area contributed by atoms with Crippen LogP contribution in [0.2, 0.25) is 0 Å². The lowest BCUT2D eigenvalue weighted by atomic mass is 10.3. The molecular weight excluding hydrogens is 268 g/mol. The number of hydrogen-bond donors (Lipinski definition) is 1. The minimum Gasteiger partial charge on any atom is -0.493 e. The summed E-state index contributed by atoms with van der Waals surface area (Å²) in [4.78, 5) is 13.1. The second kappa shape index (κ2) is 8.61. The third-order valence-electron chi connectivity index (χ3n) is 2.52. The fourth-order valence-corrected chi connectivity index (χ4v) is 1.49. The number of amides is 1. The average molecular weight is 289 g/mol. The molecule has 0 aromatic heterocycles. The molecule has 1 aromatic carbocycles. The normalized spacial score (nSPS) is 11.2. The molecule has 19 heavy (non-hydrogen) atoms. The van der Waals surface area contributed by atoms with Gasteiger partial charge in [0, 0.05) is 7.05 Å². The zero-order valence-electron chi connectivity index (χ0n) is 11.5. The fourth-order valence-electron chi connectivity index (χ4n) is 1.49. The van der Waals surface area contributed by atoms with E-state index in [1.807, 2.05) is 24.3 Å². The first-order valence-electron chi connectivity index (χ1n) is 5.82. The van der Waals surface area contributed by atoms with Crippen molar-refractivity contribution in [2.24, 2.45) is 5.73 Å². The number of para-hydroxylation sites is 2. The van der Waals surface area contributed by atoms with Gasteiger partial charge in [0.15, 0.2) is 11.5 Å². The summed E-state index contributed by atoms with van der Waals surface area (Å²) in [6.45, 7) is 2.55. The van der Waals surface area contributed by atoms with Crippen LogP contribution < -0.4 is 15.2 Å². The SMILES string of the molecule is COc1ccccc1OCCN(C)C(=O)[C@@H](C)N.Cl. The molecule has 6 heteroatoms. The van der Waals surface area contributed by atoms with Crippen molar-refractivity contribution >= 4 is 18.3 Å². The fraction of sp³-hybridized carbons (Fsp3) is 0.462. The Kier molecular flexibility index (Phi) is 7.95. The van der Waals surface area contributed by atoms with E-state index in [4.69, 9.17) is 15.2 Å². The number of carbonyl (C=O) groups excluding carboxylic acids is 1. The van der Waals surface area contributed by atoms with E-state index in [9.17, 15) is 4.79 Å². The molecule has 0 bridgehead atoms. The van der Waals surface area contributed by atoms with Gasteiger partial charge >= 0.3 is 0 Å².